The first-order valence-electron chi connectivity index (χ1n) is 7.73. The van der Waals surface area contributed by atoms with E-state index in [1.165, 1.54) is 12.1 Å². The predicted molar refractivity (Wildman–Crippen MR) is 97.6 cm³/mol. The number of aryl methyl sites for hydroxylation is 1. The second-order valence-electron chi connectivity index (χ2n) is 6.44. The van der Waals surface area contributed by atoms with E-state index in [9.17, 15) is 14.3 Å². The molecule has 3 rings (SSSR count). The molecule has 8 heteroatoms. The molecule has 0 saturated heterocycles. The van der Waals surface area contributed by atoms with Crippen LogP contribution in [0.4, 0.5) is 10.3 Å². The molecule has 0 aliphatic rings. The van der Waals surface area contributed by atoms with Gasteiger partial charge < -0.3 is 5.11 Å². The number of nitrogens with one attached hydrogen (secondary N) is 1. The van der Waals surface area contributed by atoms with Crippen LogP contribution in [0.5, 0.6) is 0 Å². The van der Waals surface area contributed by atoms with Gasteiger partial charge >= 0.3 is 0 Å². The van der Waals surface area contributed by atoms with Gasteiger partial charge in [0, 0.05) is 5.69 Å². The van der Waals surface area contributed by atoms with Crippen LogP contribution in [0.1, 0.15) is 33.4 Å². The second-order valence-corrected chi connectivity index (χ2v) is 6.44. The highest BCUT2D eigenvalue weighted by Gasteiger charge is 2.21. The first-order valence-corrected chi connectivity index (χ1v) is 7.73. The highest BCUT2D eigenvalue weighted by Crippen LogP contribution is 2.23. The normalized spacial score (nSPS) is 11.3. The van der Waals surface area contributed by atoms with Gasteiger partial charge in [0.1, 0.15) is 17.2 Å². The fourth-order valence-corrected chi connectivity index (χ4v) is 2.41. The zero-order valence-electron chi connectivity index (χ0n) is 14.1. The monoisotopic (exact) mass is 359 g/mol. The first-order chi connectivity index (χ1) is 11.7. The number of rotatable bonds is 4. The number of fused-ring (bicyclic) bond motifs is 1. The molecule has 0 saturated carbocycles. The van der Waals surface area contributed by atoms with E-state index >= 15 is 0 Å². The fourth-order valence-electron chi connectivity index (χ4n) is 2.41. The lowest BCUT2D eigenvalue weighted by atomic mass is 10.1. The van der Waals surface area contributed by atoms with Crippen molar-refractivity contribution in [1.82, 2.24) is 19.5 Å². The van der Waals surface area contributed by atoms with Crippen LogP contribution in [0.3, 0.4) is 0 Å². The largest absolute Gasteiger partial charge is 0.390 e. The summed E-state index contributed by atoms with van der Waals surface area (Å²) in [7, 11) is 0. The number of aliphatic hydroxyl groups is 1. The molecular formula is C18H22FN5O2. The van der Waals surface area contributed by atoms with Gasteiger partial charge in [0.15, 0.2) is 5.65 Å². The van der Waals surface area contributed by atoms with Crippen LogP contribution in [0.15, 0.2) is 30.5 Å². The van der Waals surface area contributed by atoms with Crippen molar-refractivity contribution in [1.29, 1.82) is 0 Å². The molecule has 0 radical (unpaired) electrons. The molecule has 3 aromatic heterocycles. The molecule has 138 valence electrons. The zero-order valence-corrected chi connectivity index (χ0v) is 14.1. The van der Waals surface area contributed by atoms with E-state index in [1.807, 2.05) is 6.92 Å². The highest BCUT2D eigenvalue weighted by molar-refractivity contribution is 5.92. The van der Waals surface area contributed by atoms with Crippen molar-refractivity contribution in [2.45, 2.75) is 40.2 Å². The number of anilines is 1. The molecule has 0 aliphatic carbocycles. The molecule has 26 heavy (non-hydrogen) atoms. The SMILES string of the molecule is C.Cc1ccc2nc(NC(=O)CC(C)(C)O)n(-c3ccc(F)cn3)c2n1. The number of halogens is 1. The smallest absolute Gasteiger partial charge is 0.229 e. The van der Waals surface area contributed by atoms with E-state index in [1.54, 1.807) is 30.5 Å². The standard InChI is InChI=1S/C17H18FN5O2.CH4/c1-10-4-6-12-15(20-10)23(13-7-5-11(18)9-19-13)16(21-12)22-14(24)8-17(2,3)25;/h4-7,9,25H,8H2,1-3H3,(H,21,22,24);1H4. The molecule has 0 atom stereocenters. The predicted octanol–water partition coefficient (Wildman–Crippen LogP) is 3.00. The van der Waals surface area contributed by atoms with E-state index < -0.39 is 17.3 Å². The number of hydrogen-bond acceptors (Lipinski definition) is 5. The summed E-state index contributed by atoms with van der Waals surface area (Å²) in [6.45, 7) is 4.92. The Morgan fingerprint density at radius 1 is 1.27 bits per heavy atom. The Morgan fingerprint density at radius 3 is 2.62 bits per heavy atom. The van der Waals surface area contributed by atoms with Crippen molar-refractivity contribution in [3.8, 4) is 5.82 Å². The molecule has 0 fully saturated rings. The summed E-state index contributed by atoms with van der Waals surface area (Å²) >= 11 is 0. The number of hydrogen-bond donors (Lipinski definition) is 2. The molecule has 0 aliphatic heterocycles. The molecule has 3 aromatic rings. The van der Waals surface area contributed by atoms with E-state index in [0.29, 0.717) is 17.0 Å². The van der Waals surface area contributed by atoms with Gasteiger partial charge in [-0.3, -0.25) is 10.1 Å². The third-order valence-corrected chi connectivity index (χ3v) is 3.43. The van der Waals surface area contributed by atoms with Crippen LogP contribution in [-0.2, 0) is 4.79 Å². The maximum absolute atomic E-state index is 13.2. The van der Waals surface area contributed by atoms with Crippen molar-refractivity contribution in [2.75, 3.05) is 5.32 Å². The van der Waals surface area contributed by atoms with E-state index in [4.69, 9.17) is 0 Å². The van der Waals surface area contributed by atoms with Crippen molar-refractivity contribution in [3.63, 3.8) is 0 Å². The quantitative estimate of drug-likeness (QED) is 0.747. The summed E-state index contributed by atoms with van der Waals surface area (Å²) in [5, 5.41) is 12.5. The van der Waals surface area contributed by atoms with Gasteiger partial charge in [-0.1, -0.05) is 7.43 Å². The number of imidazole rings is 1. The van der Waals surface area contributed by atoms with Gasteiger partial charge in [-0.25, -0.2) is 23.9 Å². The maximum Gasteiger partial charge on any atom is 0.229 e. The van der Waals surface area contributed by atoms with E-state index in [0.717, 1.165) is 11.9 Å². The Hall–Kier alpha value is -2.87. The van der Waals surface area contributed by atoms with Gasteiger partial charge in [0.25, 0.3) is 0 Å². The molecule has 2 N–H and O–H groups in total. The second kappa shape index (κ2) is 7.17. The number of aromatic nitrogens is 4. The summed E-state index contributed by atoms with van der Waals surface area (Å²) in [6, 6.07) is 6.34. The number of nitrogens with zero attached hydrogens (tertiary/aromatic N) is 4. The topological polar surface area (TPSA) is 92.9 Å². The van der Waals surface area contributed by atoms with Crippen LogP contribution in [-0.4, -0.2) is 36.1 Å². The van der Waals surface area contributed by atoms with Crippen molar-refractivity contribution in [3.05, 3.63) is 42.0 Å². The molecule has 1 amide bonds. The van der Waals surface area contributed by atoms with Crippen LogP contribution in [0.2, 0.25) is 0 Å². The van der Waals surface area contributed by atoms with Crippen LogP contribution < -0.4 is 5.32 Å². The summed E-state index contributed by atoms with van der Waals surface area (Å²) in [5.41, 5.74) is 0.683. The van der Waals surface area contributed by atoms with Gasteiger partial charge in [-0.05, 0) is 45.0 Å². The molecule has 3 heterocycles. The lowest BCUT2D eigenvalue weighted by Crippen LogP contribution is -2.28. The van der Waals surface area contributed by atoms with Gasteiger partial charge in [-0.2, -0.15) is 0 Å². The molecule has 7 nitrogen and oxygen atoms in total. The van der Waals surface area contributed by atoms with Crippen LogP contribution >= 0.6 is 0 Å². The Labute approximate surface area is 150 Å². The maximum atomic E-state index is 13.2. The Morgan fingerprint density at radius 2 is 2.00 bits per heavy atom. The fraction of sp³-hybridized carbons (Fsp3) is 0.333. The lowest BCUT2D eigenvalue weighted by molar-refractivity contribution is -0.119. The van der Waals surface area contributed by atoms with Crippen LogP contribution in [0.25, 0.3) is 17.0 Å². The van der Waals surface area contributed by atoms with E-state index in [-0.39, 0.29) is 19.8 Å². The molecule has 0 spiro atoms. The lowest BCUT2D eigenvalue weighted by Gasteiger charge is -2.16. The summed E-state index contributed by atoms with van der Waals surface area (Å²) in [4.78, 5) is 25.1. The number of carbonyl (C=O) groups excluding carboxylic acids is 1. The van der Waals surface area contributed by atoms with Crippen LogP contribution in [0, 0.1) is 12.7 Å². The Kier molecular flexibility index (Phi) is 5.36. The van der Waals surface area contributed by atoms with E-state index in [2.05, 4.69) is 20.3 Å². The van der Waals surface area contributed by atoms with Gasteiger partial charge in [-0.15, -0.1) is 0 Å². The first kappa shape index (κ1) is 19.5. The minimum absolute atomic E-state index is 0. The minimum Gasteiger partial charge on any atom is -0.390 e. The van der Waals surface area contributed by atoms with Gasteiger partial charge in [0.05, 0.1) is 18.2 Å². The molecule has 0 unspecified atom stereocenters. The molecule has 0 bridgehead atoms. The molecular weight excluding hydrogens is 337 g/mol. The number of amides is 1. The average molecular weight is 359 g/mol. The highest BCUT2D eigenvalue weighted by atomic mass is 19.1. The van der Waals surface area contributed by atoms with Gasteiger partial charge in [0.2, 0.25) is 11.9 Å². The number of pyridine rings is 2. The third kappa shape index (κ3) is 4.20. The molecule has 0 aromatic carbocycles. The third-order valence-electron chi connectivity index (χ3n) is 3.43. The van der Waals surface area contributed by atoms with Crippen molar-refractivity contribution in [2.24, 2.45) is 0 Å². The summed E-state index contributed by atoms with van der Waals surface area (Å²) < 4.78 is 14.7. The number of carbonyl (C=O) groups is 1. The summed E-state index contributed by atoms with van der Waals surface area (Å²) in [5.74, 6) is -0.283. The van der Waals surface area contributed by atoms with Crippen molar-refractivity contribution >= 4 is 23.0 Å². The summed E-state index contributed by atoms with van der Waals surface area (Å²) in [6.07, 6.45) is 0.985. The van der Waals surface area contributed by atoms with Crippen molar-refractivity contribution < 1.29 is 14.3 Å². The minimum atomic E-state index is -1.15. The Bertz CT molecular complexity index is 929. The Balaban J connectivity index is 0.00000243. The zero-order chi connectivity index (χ0) is 18.2. The average Bonchev–Trinajstić information content (AvgIpc) is 2.83.